The molecule has 1 aromatic rings. The Morgan fingerprint density at radius 1 is 0.923 bits per heavy atom. The molecule has 4 nitrogen and oxygen atoms in total. The molecule has 0 fully saturated rings. The van der Waals surface area contributed by atoms with Crippen molar-refractivity contribution in [2.24, 2.45) is 0 Å². The predicted octanol–water partition coefficient (Wildman–Crippen LogP) is 1.44. The number of aromatic hydroxyl groups is 2. The minimum absolute atomic E-state index is 0.137. The van der Waals surface area contributed by atoms with Crippen LogP contribution in [-0.2, 0) is 0 Å². The Kier molecular flexibility index (Phi) is 1.52. The van der Waals surface area contributed by atoms with Gasteiger partial charge in [0.05, 0.1) is 0 Å². The monoisotopic (exact) mass is 182 g/mol. The Bertz CT molecular complexity index is 336. The average Bonchev–Trinajstić information content (AvgIpc) is 2.59. The molecular formula is C9H10O4. The molecule has 1 aliphatic rings. The third kappa shape index (κ3) is 0.915. The molecule has 0 atom stereocenters. The molecule has 4 heteroatoms. The molecule has 1 aromatic carbocycles. The van der Waals surface area contributed by atoms with E-state index >= 15 is 0 Å². The van der Waals surface area contributed by atoms with Gasteiger partial charge in [0.25, 0.3) is 0 Å². The first-order valence-corrected chi connectivity index (χ1v) is 3.93. The molecule has 0 saturated carbocycles. The second-order valence-corrected chi connectivity index (χ2v) is 3.01. The fourth-order valence-corrected chi connectivity index (χ4v) is 1.41. The second kappa shape index (κ2) is 2.45. The molecule has 0 amide bonds. The number of hydrogen-bond acceptors (Lipinski definition) is 4. The molecule has 70 valence electrons. The highest BCUT2D eigenvalue weighted by Gasteiger charge is 2.25. The molecule has 0 radical (unpaired) electrons. The summed E-state index contributed by atoms with van der Waals surface area (Å²) in [5.74, 6) is 0.768. The Labute approximate surface area is 75.3 Å². The van der Waals surface area contributed by atoms with E-state index < -0.39 is 0 Å². The summed E-state index contributed by atoms with van der Waals surface area (Å²) >= 11 is 0. The summed E-state index contributed by atoms with van der Waals surface area (Å²) in [5, 5.41) is 18.9. The lowest BCUT2D eigenvalue weighted by atomic mass is 10.1. The number of phenols is 2. The maximum Gasteiger partial charge on any atom is 0.231 e. The first-order chi connectivity index (χ1) is 6.13. The van der Waals surface area contributed by atoms with Gasteiger partial charge in [0.2, 0.25) is 6.79 Å². The van der Waals surface area contributed by atoms with Crippen LogP contribution in [0.3, 0.4) is 0 Å². The molecule has 0 bridgehead atoms. The standard InChI is InChI=1S/C9H10O4/c1-4-6(10)7(11)5(2)9-8(4)12-3-13-9/h10-11H,3H2,1-2H3. The zero-order valence-electron chi connectivity index (χ0n) is 7.42. The third-order valence-corrected chi connectivity index (χ3v) is 2.23. The van der Waals surface area contributed by atoms with Gasteiger partial charge in [-0.3, -0.25) is 0 Å². The quantitative estimate of drug-likeness (QED) is 0.596. The summed E-state index contributed by atoms with van der Waals surface area (Å²) in [5.41, 5.74) is 1.02. The molecule has 0 saturated heterocycles. The van der Waals surface area contributed by atoms with Crippen LogP contribution in [0.25, 0.3) is 0 Å². The van der Waals surface area contributed by atoms with E-state index in [9.17, 15) is 10.2 Å². The summed E-state index contributed by atoms with van der Waals surface area (Å²) in [6.45, 7) is 3.48. The molecule has 1 heterocycles. The summed E-state index contributed by atoms with van der Waals surface area (Å²) in [6.07, 6.45) is 0. The molecular weight excluding hydrogens is 172 g/mol. The lowest BCUT2D eigenvalue weighted by Crippen LogP contribution is -1.93. The van der Waals surface area contributed by atoms with Gasteiger partial charge in [-0.25, -0.2) is 0 Å². The Morgan fingerprint density at radius 3 is 1.69 bits per heavy atom. The third-order valence-electron chi connectivity index (χ3n) is 2.23. The van der Waals surface area contributed by atoms with Crippen LogP contribution < -0.4 is 9.47 Å². The van der Waals surface area contributed by atoms with E-state index in [-0.39, 0.29) is 18.3 Å². The second-order valence-electron chi connectivity index (χ2n) is 3.01. The SMILES string of the molecule is Cc1c(O)c(O)c(C)c2c1OCO2. The number of ether oxygens (including phenoxy) is 2. The van der Waals surface area contributed by atoms with Gasteiger partial charge in [-0.15, -0.1) is 0 Å². The highest BCUT2D eigenvalue weighted by atomic mass is 16.7. The van der Waals surface area contributed by atoms with E-state index in [0.29, 0.717) is 22.6 Å². The van der Waals surface area contributed by atoms with Gasteiger partial charge in [-0.1, -0.05) is 0 Å². The first kappa shape index (κ1) is 8.04. The highest BCUT2D eigenvalue weighted by Crippen LogP contribution is 2.48. The Hall–Kier alpha value is -1.58. The van der Waals surface area contributed by atoms with E-state index in [1.54, 1.807) is 13.8 Å². The minimum Gasteiger partial charge on any atom is -0.504 e. The molecule has 2 rings (SSSR count). The van der Waals surface area contributed by atoms with Gasteiger partial charge in [0.1, 0.15) is 0 Å². The van der Waals surface area contributed by atoms with Crippen molar-refractivity contribution in [2.45, 2.75) is 13.8 Å². The zero-order chi connectivity index (χ0) is 9.59. The van der Waals surface area contributed by atoms with E-state index in [0.717, 1.165) is 0 Å². The van der Waals surface area contributed by atoms with Crippen LogP contribution in [0.1, 0.15) is 11.1 Å². The minimum atomic E-state index is -0.137. The fourth-order valence-electron chi connectivity index (χ4n) is 1.41. The highest BCUT2D eigenvalue weighted by molar-refractivity contribution is 5.65. The van der Waals surface area contributed by atoms with Crippen molar-refractivity contribution >= 4 is 0 Å². The molecule has 1 aliphatic heterocycles. The van der Waals surface area contributed by atoms with Gasteiger partial charge in [-0.05, 0) is 13.8 Å². The van der Waals surface area contributed by atoms with Crippen LogP contribution in [0.2, 0.25) is 0 Å². The van der Waals surface area contributed by atoms with E-state index in [4.69, 9.17) is 9.47 Å². The number of phenolic OH excluding ortho intramolecular Hbond substituents is 2. The number of rotatable bonds is 0. The Balaban J connectivity index is 2.77. The Morgan fingerprint density at radius 2 is 1.31 bits per heavy atom. The summed E-state index contributed by atoms with van der Waals surface area (Å²) in [7, 11) is 0. The van der Waals surface area contributed by atoms with Crippen LogP contribution in [-0.4, -0.2) is 17.0 Å². The van der Waals surface area contributed by atoms with Crippen molar-refractivity contribution in [1.29, 1.82) is 0 Å². The van der Waals surface area contributed by atoms with Crippen LogP contribution in [0, 0.1) is 13.8 Å². The first-order valence-electron chi connectivity index (χ1n) is 3.93. The number of benzene rings is 1. The normalized spacial score (nSPS) is 13.4. The van der Waals surface area contributed by atoms with Crippen molar-refractivity contribution < 1.29 is 19.7 Å². The number of hydrogen-bond donors (Lipinski definition) is 2. The zero-order valence-corrected chi connectivity index (χ0v) is 7.42. The lowest BCUT2D eigenvalue weighted by Gasteiger charge is -2.08. The van der Waals surface area contributed by atoms with Crippen molar-refractivity contribution in [3.05, 3.63) is 11.1 Å². The average molecular weight is 182 g/mol. The van der Waals surface area contributed by atoms with Gasteiger partial charge >= 0.3 is 0 Å². The van der Waals surface area contributed by atoms with E-state index in [1.165, 1.54) is 0 Å². The van der Waals surface area contributed by atoms with Gasteiger partial charge < -0.3 is 19.7 Å². The fraction of sp³-hybridized carbons (Fsp3) is 0.333. The van der Waals surface area contributed by atoms with Crippen LogP contribution in [0.4, 0.5) is 0 Å². The van der Waals surface area contributed by atoms with Crippen molar-refractivity contribution in [3.63, 3.8) is 0 Å². The molecule has 0 spiro atoms. The molecule has 0 unspecified atom stereocenters. The topological polar surface area (TPSA) is 58.9 Å². The van der Waals surface area contributed by atoms with E-state index in [2.05, 4.69) is 0 Å². The van der Waals surface area contributed by atoms with Crippen molar-refractivity contribution in [1.82, 2.24) is 0 Å². The molecule has 13 heavy (non-hydrogen) atoms. The molecule has 0 aromatic heterocycles. The van der Waals surface area contributed by atoms with Crippen LogP contribution >= 0.6 is 0 Å². The van der Waals surface area contributed by atoms with Crippen LogP contribution in [0.15, 0.2) is 0 Å². The smallest absolute Gasteiger partial charge is 0.231 e. The van der Waals surface area contributed by atoms with Gasteiger partial charge in [-0.2, -0.15) is 0 Å². The molecule has 2 N–H and O–H groups in total. The lowest BCUT2D eigenvalue weighted by molar-refractivity contribution is 0.173. The van der Waals surface area contributed by atoms with Crippen molar-refractivity contribution in [2.75, 3.05) is 6.79 Å². The maximum absolute atomic E-state index is 9.47. The van der Waals surface area contributed by atoms with Crippen molar-refractivity contribution in [3.8, 4) is 23.0 Å². The van der Waals surface area contributed by atoms with Crippen LogP contribution in [0.5, 0.6) is 23.0 Å². The van der Waals surface area contributed by atoms with Gasteiger partial charge in [0, 0.05) is 11.1 Å². The summed E-state index contributed by atoms with van der Waals surface area (Å²) in [6, 6.07) is 0. The summed E-state index contributed by atoms with van der Waals surface area (Å²) < 4.78 is 10.3. The number of fused-ring (bicyclic) bond motifs is 1. The molecule has 0 aliphatic carbocycles. The largest absolute Gasteiger partial charge is 0.504 e. The maximum atomic E-state index is 9.47. The van der Waals surface area contributed by atoms with E-state index in [1.807, 2.05) is 0 Å². The predicted molar refractivity (Wildman–Crippen MR) is 45.4 cm³/mol. The summed E-state index contributed by atoms with van der Waals surface area (Å²) in [4.78, 5) is 0. The van der Waals surface area contributed by atoms with Gasteiger partial charge in [0.15, 0.2) is 23.0 Å².